The van der Waals surface area contributed by atoms with Gasteiger partial charge < -0.3 is 23.5 Å². The maximum atomic E-state index is 10.0. The SMILES string of the molecule is [2H]c1c([2H])c([2H])c2c(c1[2H])c1c([2H])c([2H])c([2H])c([2H])c1n2-c1ccc2c(c1)N(c1c(-c3ccccc3)cc(C(C)(C)C)cc1-c1ccccc1)c1cc(-c3cc(C(C)(C)C)cc(C(C)(C)C)c3)cc3c1B2c1ccc(-n2c4ccccc4c4cc(-n5c6ccccc6c6ccccc65)ccc42)cc1N3c1c(-c2ccccc2)cc(C(C)(C)C)cc1-c1ccccc1. The summed E-state index contributed by atoms with van der Waals surface area (Å²) in [7, 11) is 0. The molecule has 570 valence electrons. The Morgan fingerprint density at radius 3 is 0.924 bits per heavy atom. The highest BCUT2D eigenvalue weighted by molar-refractivity contribution is 7.00. The quantitative estimate of drug-likeness (QED) is 0.127. The molecule has 0 bridgehead atoms. The second-order valence-electron chi connectivity index (χ2n) is 36.3. The van der Waals surface area contributed by atoms with Gasteiger partial charge >= 0.3 is 0 Å². The molecule has 6 heteroatoms. The summed E-state index contributed by atoms with van der Waals surface area (Å²) in [5, 5.41) is 4.61. The van der Waals surface area contributed by atoms with E-state index >= 15 is 0 Å². The van der Waals surface area contributed by atoms with E-state index in [2.05, 4.69) is 399 Å². The summed E-state index contributed by atoms with van der Waals surface area (Å²) in [5.41, 5.74) is 28.7. The van der Waals surface area contributed by atoms with Crippen LogP contribution >= 0.6 is 0 Å². The van der Waals surface area contributed by atoms with Gasteiger partial charge in [-0.15, -0.1) is 0 Å². The van der Waals surface area contributed by atoms with Gasteiger partial charge in [0.05, 0.1) is 55.4 Å². The number of para-hydroxylation sites is 5. The lowest BCUT2D eigenvalue weighted by atomic mass is 9.33. The van der Waals surface area contributed by atoms with E-state index < -0.39 is 43.0 Å². The summed E-state index contributed by atoms with van der Waals surface area (Å²) in [6, 6.07) is 108. The third-order valence-electron chi connectivity index (χ3n) is 24.8. The fourth-order valence-electron chi connectivity index (χ4n) is 18.8. The molecule has 5 nitrogen and oxygen atoms in total. The Hall–Kier alpha value is -13.4. The normalized spacial score (nSPS) is 14.0. The van der Waals surface area contributed by atoms with E-state index in [0.29, 0.717) is 5.69 Å². The van der Waals surface area contributed by atoms with Gasteiger partial charge in [0.25, 0.3) is 6.71 Å². The van der Waals surface area contributed by atoms with Gasteiger partial charge in [0.1, 0.15) is 0 Å². The molecule has 0 amide bonds. The molecular formula is C112H94BN5. The smallest absolute Gasteiger partial charge is 0.252 e. The summed E-state index contributed by atoms with van der Waals surface area (Å²) >= 11 is 0. The van der Waals surface area contributed by atoms with E-state index in [-0.39, 0.29) is 55.6 Å². The third-order valence-corrected chi connectivity index (χ3v) is 24.8. The zero-order chi connectivity index (χ0) is 87.4. The second kappa shape index (κ2) is 27.1. The predicted octanol–water partition coefficient (Wildman–Crippen LogP) is 28.6. The van der Waals surface area contributed by atoms with Crippen molar-refractivity contribution in [1.29, 1.82) is 0 Å². The second-order valence-corrected chi connectivity index (χ2v) is 36.3. The zero-order valence-electron chi connectivity index (χ0n) is 76.7. The van der Waals surface area contributed by atoms with Crippen LogP contribution in [0.25, 0.3) is 138 Å². The maximum absolute atomic E-state index is 10.0. The van der Waals surface area contributed by atoms with Gasteiger partial charge in [0.2, 0.25) is 0 Å². The van der Waals surface area contributed by atoms with Crippen molar-refractivity contribution in [2.45, 2.75) is 105 Å². The first-order valence-corrected chi connectivity index (χ1v) is 41.3. The average molecular weight is 1530 g/mol. The van der Waals surface area contributed by atoms with Crippen LogP contribution in [0.2, 0.25) is 0 Å². The summed E-state index contributed by atoms with van der Waals surface area (Å²) in [6.07, 6.45) is 0. The first-order valence-electron chi connectivity index (χ1n) is 45.3. The van der Waals surface area contributed by atoms with Gasteiger partial charge in [-0.1, -0.05) is 326 Å². The van der Waals surface area contributed by atoms with Crippen LogP contribution in [0.15, 0.2) is 352 Å². The lowest BCUT2D eigenvalue weighted by Gasteiger charge is -2.46. The number of anilines is 6. The van der Waals surface area contributed by atoms with Crippen molar-refractivity contribution >= 4 is 123 Å². The predicted molar refractivity (Wildman–Crippen MR) is 505 cm³/mol. The van der Waals surface area contributed by atoms with Gasteiger partial charge in [-0.3, -0.25) is 0 Å². The minimum absolute atomic E-state index is 0.00373. The van der Waals surface area contributed by atoms with E-state index in [0.717, 1.165) is 156 Å². The molecule has 5 heterocycles. The molecule has 3 aromatic heterocycles. The van der Waals surface area contributed by atoms with Crippen LogP contribution in [0.1, 0.15) is 116 Å². The molecule has 2 aliphatic heterocycles. The fourth-order valence-corrected chi connectivity index (χ4v) is 18.8. The fraction of sp³-hybridized carbons (Fsp3) is 0.143. The van der Waals surface area contributed by atoms with E-state index in [4.69, 9.17) is 0 Å². The van der Waals surface area contributed by atoms with Gasteiger partial charge in [-0.2, -0.15) is 0 Å². The first kappa shape index (κ1) is 63.8. The number of fused-ring (bicyclic) bond motifs is 13. The van der Waals surface area contributed by atoms with Crippen molar-refractivity contribution in [3.05, 3.63) is 374 Å². The molecule has 0 N–H and O–H groups in total. The van der Waals surface area contributed by atoms with E-state index in [1.807, 2.05) is 6.07 Å². The van der Waals surface area contributed by atoms with Crippen LogP contribution in [0.4, 0.5) is 34.1 Å². The van der Waals surface area contributed by atoms with Crippen LogP contribution in [0.5, 0.6) is 0 Å². The Morgan fingerprint density at radius 2 is 0.542 bits per heavy atom. The van der Waals surface area contributed by atoms with Crippen molar-refractivity contribution in [2.75, 3.05) is 9.80 Å². The molecule has 0 aliphatic carbocycles. The minimum Gasteiger partial charge on any atom is -0.310 e. The molecule has 0 saturated heterocycles. The highest BCUT2D eigenvalue weighted by atomic mass is 15.2. The topological polar surface area (TPSA) is 21.3 Å². The van der Waals surface area contributed by atoms with Crippen molar-refractivity contribution in [3.63, 3.8) is 0 Å². The van der Waals surface area contributed by atoms with Gasteiger partial charge in [0.15, 0.2) is 0 Å². The molecule has 0 saturated carbocycles. The Bertz CT molecular complexity index is 7510. The number of rotatable bonds is 10. The lowest BCUT2D eigenvalue weighted by Crippen LogP contribution is -2.61. The summed E-state index contributed by atoms with van der Waals surface area (Å²) in [4.78, 5) is 5.13. The number of aromatic nitrogens is 3. The number of hydrogen-bond donors (Lipinski definition) is 0. The third kappa shape index (κ3) is 11.7. The number of hydrogen-bond acceptors (Lipinski definition) is 2. The summed E-state index contributed by atoms with van der Waals surface area (Å²) in [5.74, 6) is 0. The van der Waals surface area contributed by atoms with Crippen molar-refractivity contribution in [2.24, 2.45) is 0 Å². The first-order chi connectivity index (χ1) is 60.4. The van der Waals surface area contributed by atoms with E-state index in [9.17, 15) is 11.0 Å². The maximum Gasteiger partial charge on any atom is 0.252 e. The lowest BCUT2D eigenvalue weighted by molar-refractivity contribution is 0.569. The van der Waals surface area contributed by atoms with Gasteiger partial charge in [-0.25, -0.2) is 0 Å². The Morgan fingerprint density at radius 1 is 0.237 bits per heavy atom. The molecule has 0 spiro atoms. The minimum atomic E-state index is -0.571. The number of benzene rings is 16. The molecule has 0 fully saturated rings. The van der Waals surface area contributed by atoms with Gasteiger partial charge in [-0.05, 0) is 203 Å². The Labute approximate surface area is 704 Å². The molecular weight excluding hydrogens is 1430 g/mol. The van der Waals surface area contributed by atoms with Crippen molar-refractivity contribution in [1.82, 2.24) is 13.7 Å². The molecule has 19 aromatic rings. The van der Waals surface area contributed by atoms with E-state index in [1.54, 1.807) is 4.57 Å². The summed E-state index contributed by atoms with van der Waals surface area (Å²) in [6.45, 7) is 27.0. The molecule has 0 atom stereocenters. The van der Waals surface area contributed by atoms with Crippen molar-refractivity contribution < 1.29 is 11.0 Å². The van der Waals surface area contributed by atoms with Gasteiger partial charge in [0, 0.05) is 94.4 Å². The zero-order valence-corrected chi connectivity index (χ0v) is 68.7. The molecule has 2 aliphatic rings. The van der Waals surface area contributed by atoms with Crippen LogP contribution in [-0.4, -0.2) is 20.4 Å². The summed E-state index contributed by atoms with van der Waals surface area (Å²) < 4.78 is 83.4. The highest BCUT2D eigenvalue weighted by Crippen LogP contribution is 2.56. The average Bonchev–Trinajstić information content (AvgIpc) is 0.800. The van der Waals surface area contributed by atoms with E-state index in [1.165, 1.54) is 27.5 Å². The molecule has 16 aromatic carbocycles. The largest absolute Gasteiger partial charge is 0.310 e. The Kier molecular flexibility index (Phi) is 14.7. The van der Waals surface area contributed by atoms with Crippen LogP contribution in [0, 0.1) is 0 Å². The monoisotopic (exact) mass is 1530 g/mol. The number of nitrogens with zero attached hydrogens (tertiary/aromatic N) is 5. The van der Waals surface area contributed by atoms with Crippen LogP contribution in [0.3, 0.4) is 0 Å². The standard InChI is InChI=1S/C112H94BN5/c1-109(2,3)77-59-75(60-78(63-77)110(4,5)6)76-61-104-106-105(62-76)118(108-91(73-39-21-15-22-40-73)66-80(112(10,11)12)67-92(108)74-41-23-16-24-42-74)103-70-83(116-100-52-34-29-47-88(100)93-68-81(55-58-101(93)116)114-96-48-30-25-43-84(96)85-44-26-31-49-97(85)114)54-57-95(103)113(106)94-56-53-82(115-98-50-32-27-45-86(98)87-46-28-33-51-99(87)115)69-102(94)117(104)107-89(71-35-17-13-18-36-71)64-79(111(7,8)9)65-90(107)72-37-19-14-20-38-72/h13-70H,1-12H3/i27D,28D,32D,33D,45D,46D,50D,51D. The van der Waals surface area contributed by atoms with Crippen LogP contribution in [-0.2, 0) is 21.7 Å². The highest BCUT2D eigenvalue weighted by Gasteiger charge is 2.47. The molecule has 0 radical (unpaired) electrons. The van der Waals surface area contributed by atoms with Crippen molar-refractivity contribution in [3.8, 4) is 72.7 Å². The molecule has 21 rings (SSSR count). The molecule has 0 unspecified atom stereocenters. The molecule has 118 heavy (non-hydrogen) atoms. The van der Waals surface area contributed by atoms with Crippen LogP contribution < -0.4 is 26.2 Å². The Balaban J connectivity index is 0.967.